The first-order valence-electron chi connectivity index (χ1n) is 5.50. The van der Waals surface area contributed by atoms with Crippen molar-refractivity contribution in [3.05, 3.63) is 0 Å². The Hall–Kier alpha value is -1.10. The number of carboxylic acids is 1. The average Bonchev–Trinajstić information content (AvgIpc) is 2.94. The molecular formula is C11H19NO4. The Morgan fingerprint density at radius 3 is 2.38 bits per heavy atom. The zero-order valence-electron chi connectivity index (χ0n) is 10.0. The van der Waals surface area contributed by atoms with Gasteiger partial charge in [0.15, 0.2) is 0 Å². The molecule has 1 amide bonds. The van der Waals surface area contributed by atoms with Gasteiger partial charge in [0.2, 0.25) is 5.91 Å². The molecule has 1 fully saturated rings. The van der Waals surface area contributed by atoms with Gasteiger partial charge in [0.1, 0.15) is 5.41 Å². The van der Waals surface area contributed by atoms with E-state index in [-0.39, 0.29) is 0 Å². The number of hydrogen-bond acceptors (Lipinski definition) is 3. The van der Waals surface area contributed by atoms with Crippen molar-refractivity contribution < 1.29 is 19.4 Å². The van der Waals surface area contributed by atoms with Gasteiger partial charge in [0.05, 0.1) is 5.60 Å². The molecule has 0 aromatic heterocycles. The van der Waals surface area contributed by atoms with Crippen LogP contribution in [0.3, 0.4) is 0 Å². The second-order valence-electron chi connectivity index (χ2n) is 4.76. The fourth-order valence-electron chi connectivity index (χ4n) is 1.57. The third kappa shape index (κ3) is 2.72. The molecule has 0 heterocycles. The van der Waals surface area contributed by atoms with Crippen molar-refractivity contribution in [2.24, 2.45) is 5.41 Å². The molecule has 0 aromatic rings. The molecule has 0 saturated heterocycles. The normalized spacial score (nSPS) is 17.9. The largest absolute Gasteiger partial charge is 0.480 e. The maximum absolute atomic E-state index is 11.7. The minimum Gasteiger partial charge on any atom is -0.480 e. The third-order valence-corrected chi connectivity index (χ3v) is 2.80. The number of carbonyl (C=O) groups is 2. The van der Waals surface area contributed by atoms with E-state index in [1.54, 1.807) is 0 Å². The number of amides is 1. The van der Waals surface area contributed by atoms with Crippen molar-refractivity contribution in [1.29, 1.82) is 0 Å². The lowest BCUT2D eigenvalue weighted by Crippen LogP contribution is -2.45. The summed E-state index contributed by atoms with van der Waals surface area (Å²) < 4.78 is 5.41. The van der Waals surface area contributed by atoms with Crippen LogP contribution in [0.1, 0.15) is 33.6 Å². The fraction of sp³-hybridized carbons (Fsp3) is 0.818. The summed E-state index contributed by atoms with van der Waals surface area (Å²) in [6.45, 7) is 6.49. The quantitative estimate of drug-likeness (QED) is 0.660. The first-order valence-corrected chi connectivity index (χ1v) is 5.50. The van der Waals surface area contributed by atoms with E-state index in [2.05, 4.69) is 5.32 Å². The third-order valence-electron chi connectivity index (χ3n) is 2.80. The molecule has 1 rings (SSSR count). The van der Waals surface area contributed by atoms with Gasteiger partial charge in [-0.25, -0.2) is 0 Å². The van der Waals surface area contributed by atoms with E-state index in [0.717, 1.165) is 0 Å². The SMILES string of the molecule is CCOC(C)(C)CNC(=O)C1(C(=O)O)CC1. The minimum absolute atomic E-state index is 0.328. The summed E-state index contributed by atoms with van der Waals surface area (Å²) in [5, 5.41) is 11.6. The number of hydrogen-bond donors (Lipinski definition) is 2. The van der Waals surface area contributed by atoms with Crippen molar-refractivity contribution >= 4 is 11.9 Å². The zero-order chi connectivity index (χ0) is 12.4. The Balaban J connectivity index is 2.45. The molecule has 5 heteroatoms. The summed E-state index contributed by atoms with van der Waals surface area (Å²) in [6.07, 6.45) is 0.868. The van der Waals surface area contributed by atoms with Crippen LogP contribution in [0.25, 0.3) is 0 Å². The molecule has 0 spiro atoms. The summed E-state index contributed by atoms with van der Waals surface area (Å²) in [6, 6.07) is 0. The maximum Gasteiger partial charge on any atom is 0.319 e. The van der Waals surface area contributed by atoms with Crippen LogP contribution in [0.2, 0.25) is 0 Å². The number of carbonyl (C=O) groups excluding carboxylic acids is 1. The lowest BCUT2D eigenvalue weighted by atomic mass is 10.1. The summed E-state index contributed by atoms with van der Waals surface area (Å²) in [5.74, 6) is -1.42. The van der Waals surface area contributed by atoms with Crippen LogP contribution in [0, 0.1) is 5.41 Å². The molecule has 0 aliphatic heterocycles. The van der Waals surface area contributed by atoms with Gasteiger partial charge in [0.25, 0.3) is 0 Å². The highest BCUT2D eigenvalue weighted by Gasteiger charge is 2.57. The highest BCUT2D eigenvalue weighted by Crippen LogP contribution is 2.46. The molecule has 1 aliphatic carbocycles. The number of aliphatic carboxylic acids is 1. The van der Waals surface area contributed by atoms with Crippen LogP contribution < -0.4 is 5.32 Å². The number of rotatable bonds is 6. The first kappa shape index (κ1) is 13.0. The van der Waals surface area contributed by atoms with E-state index < -0.39 is 22.9 Å². The highest BCUT2D eigenvalue weighted by molar-refractivity contribution is 6.04. The van der Waals surface area contributed by atoms with Crippen LogP contribution in [-0.2, 0) is 14.3 Å². The van der Waals surface area contributed by atoms with Crippen LogP contribution >= 0.6 is 0 Å². The topological polar surface area (TPSA) is 75.6 Å². The Morgan fingerprint density at radius 2 is 2.00 bits per heavy atom. The second kappa shape index (κ2) is 4.41. The van der Waals surface area contributed by atoms with Gasteiger partial charge in [-0.3, -0.25) is 9.59 Å². The second-order valence-corrected chi connectivity index (χ2v) is 4.76. The van der Waals surface area contributed by atoms with E-state index in [0.29, 0.717) is 26.0 Å². The molecule has 0 unspecified atom stereocenters. The van der Waals surface area contributed by atoms with Gasteiger partial charge < -0.3 is 15.2 Å². The molecule has 0 aromatic carbocycles. The first-order chi connectivity index (χ1) is 7.34. The van der Waals surface area contributed by atoms with Crippen molar-refractivity contribution in [2.45, 2.75) is 39.2 Å². The summed E-state index contributed by atoms with van der Waals surface area (Å²) in [4.78, 5) is 22.6. The molecule has 0 atom stereocenters. The maximum atomic E-state index is 11.7. The monoisotopic (exact) mass is 229 g/mol. The Kier molecular flexibility index (Phi) is 3.57. The van der Waals surface area contributed by atoms with E-state index in [1.165, 1.54) is 0 Å². The zero-order valence-corrected chi connectivity index (χ0v) is 10.0. The van der Waals surface area contributed by atoms with Crippen molar-refractivity contribution in [3.63, 3.8) is 0 Å². The van der Waals surface area contributed by atoms with Gasteiger partial charge in [-0.1, -0.05) is 0 Å². The predicted molar refractivity (Wildman–Crippen MR) is 58.0 cm³/mol. The Morgan fingerprint density at radius 1 is 1.44 bits per heavy atom. The van der Waals surface area contributed by atoms with Gasteiger partial charge >= 0.3 is 5.97 Å². The van der Waals surface area contributed by atoms with Crippen molar-refractivity contribution in [1.82, 2.24) is 5.32 Å². The van der Waals surface area contributed by atoms with E-state index >= 15 is 0 Å². The standard InChI is InChI=1S/C11H19NO4/c1-4-16-10(2,3)7-12-8(13)11(5-6-11)9(14)15/h4-7H2,1-3H3,(H,12,13)(H,14,15). The minimum atomic E-state index is -1.16. The lowest BCUT2D eigenvalue weighted by molar-refractivity contribution is -0.149. The highest BCUT2D eigenvalue weighted by atomic mass is 16.5. The van der Waals surface area contributed by atoms with E-state index in [9.17, 15) is 9.59 Å². The molecule has 2 N–H and O–H groups in total. The van der Waals surface area contributed by atoms with Gasteiger partial charge in [-0.2, -0.15) is 0 Å². The smallest absolute Gasteiger partial charge is 0.319 e. The number of ether oxygens (including phenoxy) is 1. The molecule has 0 bridgehead atoms. The van der Waals surface area contributed by atoms with Crippen LogP contribution in [0.4, 0.5) is 0 Å². The number of nitrogens with one attached hydrogen (secondary N) is 1. The summed E-state index contributed by atoms with van der Waals surface area (Å²) >= 11 is 0. The molecule has 1 saturated carbocycles. The summed E-state index contributed by atoms with van der Waals surface area (Å²) in [7, 11) is 0. The Bertz CT molecular complexity index is 294. The van der Waals surface area contributed by atoms with Crippen molar-refractivity contribution in [2.75, 3.05) is 13.2 Å². The van der Waals surface area contributed by atoms with Crippen LogP contribution in [0.15, 0.2) is 0 Å². The van der Waals surface area contributed by atoms with Crippen molar-refractivity contribution in [3.8, 4) is 0 Å². The molecule has 92 valence electrons. The van der Waals surface area contributed by atoms with E-state index in [1.807, 2.05) is 20.8 Å². The lowest BCUT2D eigenvalue weighted by Gasteiger charge is -2.25. The van der Waals surface area contributed by atoms with Crippen LogP contribution in [0.5, 0.6) is 0 Å². The number of carboxylic acid groups (broad SMARTS) is 1. The Labute approximate surface area is 95.2 Å². The molecule has 5 nitrogen and oxygen atoms in total. The van der Waals surface area contributed by atoms with Gasteiger partial charge in [-0.05, 0) is 33.6 Å². The van der Waals surface area contributed by atoms with Gasteiger partial charge in [0, 0.05) is 13.2 Å². The fourth-order valence-corrected chi connectivity index (χ4v) is 1.57. The summed E-state index contributed by atoms with van der Waals surface area (Å²) in [5.41, 5.74) is -1.62. The molecule has 1 aliphatic rings. The average molecular weight is 229 g/mol. The molecule has 0 radical (unpaired) electrons. The molecule has 16 heavy (non-hydrogen) atoms. The van der Waals surface area contributed by atoms with Gasteiger partial charge in [-0.15, -0.1) is 0 Å². The predicted octanol–water partition coefficient (Wildman–Crippen LogP) is 0.782. The van der Waals surface area contributed by atoms with Crippen LogP contribution in [-0.4, -0.2) is 35.7 Å². The van der Waals surface area contributed by atoms with E-state index in [4.69, 9.17) is 9.84 Å². The molecular weight excluding hydrogens is 210 g/mol.